The maximum atomic E-state index is 10.6. The average molecular weight is 213 g/mol. The van der Waals surface area contributed by atoms with Crippen molar-refractivity contribution in [2.45, 2.75) is 6.42 Å². The fraction of sp³-hybridized carbons (Fsp3) is 0.600. The van der Waals surface area contributed by atoms with Gasteiger partial charge in [0.25, 0.3) is 5.84 Å². The van der Waals surface area contributed by atoms with Gasteiger partial charge in [0, 0.05) is 0 Å². The Kier molecular flexibility index (Phi) is 4.30. The van der Waals surface area contributed by atoms with E-state index in [1.165, 1.54) is 0 Å². The molecule has 5 nitrogen and oxygen atoms in total. The third-order valence-electron chi connectivity index (χ3n) is 2.39. The molecule has 0 amide bonds. The summed E-state index contributed by atoms with van der Waals surface area (Å²) in [6.45, 7) is 5.79. The second-order valence-corrected chi connectivity index (χ2v) is 3.43. The molecule has 0 aromatic rings. The van der Waals surface area contributed by atoms with Crippen LogP contribution >= 0.6 is 0 Å². The predicted octanol–water partition coefficient (Wildman–Crippen LogP) is -0.634. The van der Waals surface area contributed by atoms with Crippen molar-refractivity contribution in [3.8, 4) is 0 Å². The molecule has 1 rings (SSSR count). The highest BCUT2D eigenvalue weighted by Gasteiger charge is 2.29. The summed E-state index contributed by atoms with van der Waals surface area (Å²) in [6, 6.07) is 0. The van der Waals surface area contributed by atoms with Crippen molar-refractivity contribution in [1.29, 1.82) is 0 Å². The number of aliphatic hydroxyl groups excluding tert-OH is 1. The monoisotopic (exact) mass is 213 g/mol. The van der Waals surface area contributed by atoms with Crippen LogP contribution in [0, 0.1) is 0 Å². The van der Waals surface area contributed by atoms with Gasteiger partial charge >= 0.3 is 5.97 Å². The van der Waals surface area contributed by atoms with E-state index < -0.39 is 5.97 Å². The number of aliphatic carboxylic acids is 1. The third kappa shape index (κ3) is 3.06. The summed E-state index contributed by atoms with van der Waals surface area (Å²) >= 11 is 0. The number of hydrogen-bond acceptors (Lipinski definition) is 3. The molecular weight excluding hydrogens is 196 g/mol. The van der Waals surface area contributed by atoms with Gasteiger partial charge in [-0.25, -0.2) is 4.79 Å². The molecule has 0 aromatic carbocycles. The largest absolute Gasteiger partial charge is 0.478 e. The first-order valence-electron chi connectivity index (χ1n) is 4.98. The number of hydrogen-bond donors (Lipinski definition) is 2. The average Bonchev–Trinajstić information content (AvgIpc) is 2.51. The molecule has 1 aliphatic rings. The zero-order chi connectivity index (χ0) is 11.3. The second-order valence-electron chi connectivity index (χ2n) is 3.43. The van der Waals surface area contributed by atoms with E-state index in [0.29, 0.717) is 19.5 Å². The van der Waals surface area contributed by atoms with Crippen LogP contribution in [0.25, 0.3) is 0 Å². The molecule has 1 heterocycles. The third-order valence-corrected chi connectivity index (χ3v) is 2.39. The smallest absolute Gasteiger partial charge is 0.345 e. The zero-order valence-corrected chi connectivity index (χ0v) is 8.72. The fourth-order valence-corrected chi connectivity index (χ4v) is 1.78. The Morgan fingerprint density at radius 2 is 2.40 bits per heavy atom. The van der Waals surface area contributed by atoms with Crippen LogP contribution in [0.1, 0.15) is 6.42 Å². The quantitative estimate of drug-likeness (QED) is 0.455. The molecule has 1 aliphatic heterocycles. The first-order chi connectivity index (χ1) is 7.19. The number of rotatable bonds is 6. The van der Waals surface area contributed by atoms with Gasteiger partial charge in [-0.2, -0.15) is 0 Å². The molecule has 2 N–H and O–H groups in total. The Labute approximate surface area is 88.9 Å². The van der Waals surface area contributed by atoms with Crippen LogP contribution in [-0.2, 0) is 4.79 Å². The normalized spacial score (nSPS) is 15.9. The summed E-state index contributed by atoms with van der Waals surface area (Å²) in [5.41, 5.74) is 0. The molecule has 0 aromatic heterocycles. The van der Waals surface area contributed by atoms with Crippen LogP contribution in [0.2, 0.25) is 0 Å². The molecule has 0 spiro atoms. The maximum absolute atomic E-state index is 10.6. The van der Waals surface area contributed by atoms with Gasteiger partial charge in [0.2, 0.25) is 0 Å². The summed E-state index contributed by atoms with van der Waals surface area (Å²) in [6.07, 6.45) is 2.40. The minimum atomic E-state index is -0.831. The van der Waals surface area contributed by atoms with E-state index in [1.807, 2.05) is 9.48 Å². The summed E-state index contributed by atoms with van der Waals surface area (Å²) < 4.78 is 1.82. The topological polar surface area (TPSA) is 63.8 Å². The fourth-order valence-electron chi connectivity index (χ4n) is 1.78. The zero-order valence-electron chi connectivity index (χ0n) is 8.72. The van der Waals surface area contributed by atoms with Gasteiger partial charge in [0.15, 0.2) is 6.54 Å². The van der Waals surface area contributed by atoms with E-state index >= 15 is 0 Å². The molecular formula is C10H17N2O3+. The number of β-amino-alcohol motifs (C(OH)–C–C–N with tert-alkyl or cyclic N) is 1. The lowest BCUT2D eigenvalue weighted by atomic mass is 10.3. The number of carboxylic acids is 1. The molecule has 0 saturated heterocycles. The molecule has 0 saturated carbocycles. The minimum Gasteiger partial charge on any atom is -0.478 e. The van der Waals surface area contributed by atoms with Gasteiger partial charge in [-0.15, -0.1) is 6.58 Å². The highest BCUT2D eigenvalue weighted by molar-refractivity contribution is 5.81. The Bertz CT molecular complexity index is 286. The number of carbonyl (C=O) groups is 1. The summed E-state index contributed by atoms with van der Waals surface area (Å²) in [5, 5.41) is 17.6. The van der Waals surface area contributed by atoms with Crippen LogP contribution < -0.4 is 0 Å². The van der Waals surface area contributed by atoms with E-state index in [1.54, 1.807) is 6.08 Å². The number of amidine groups is 1. The van der Waals surface area contributed by atoms with Crippen molar-refractivity contribution < 1.29 is 19.6 Å². The summed E-state index contributed by atoms with van der Waals surface area (Å²) in [4.78, 5) is 12.6. The van der Waals surface area contributed by atoms with Crippen molar-refractivity contribution in [1.82, 2.24) is 4.90 Å². The van der Waals surface area contributed by atoms with E-state index in [-0.39, 0.29) is 13.2 Å². The van der Waals surface area contributed by atoms with E-state index in [9.17, 15) is 4.79 Å². The molecule has 0 atom stereocenters. The van der Waals surface area contributed by atoms with E-state index in [2.05, 4.69) is 6.58 Å². The lowest BCUT2D eigenvalue weighted by molar-refractivity contribution is -0.509. The van der Waals surface area contributed by atoms with Gasteiger partial charge in [-0.3, -0.25) is 9.48 Å². The van der Waals surface area contributed by atoms with Crippen molar-refractivity contribution >= 4 is 11.8 Å². The molecule has 0 fully saturated rings. The van der Waals surface area contributed by atoms with E-state index in [0.717, 1.165) is 12.4 Å². The van der Waals surface area contributed by atoms with Crippen molar-refractivity contribution in [3.05, 3.63) is 12.7 Å². The first-order valence-corrected chi connectivity index (χ1v) is 4.98. The Morgan fingerprint density at radius 1 is 1.67 bits per heavy atom. The molecule has 0 aliphatic carbocycles. The number of aliphatic hydroxyl groups is 1. The Hall–Kier alpha value is -1.36. The summed E-state index contributed by atoms with van der Waals surface area (Å²) in [5.74, 6) is 0.115. The van der Waals surface area contributed by atoms with Crippen LogP contribution in [-0.4, -0.2) is 64.3 Å². The Morgan fingerprint density at radius 3 is 2.93 bits per heavy atom. The van der Waals surface area contributed by atoms with Gasteiger partial charge in [0.05, 0.1) is 13.0 Å². The number of carboxylic acid groups (broad SMARTS) is 1. The lowest BCUT2D eigenvalue weighted by Gasteiger charge is -2.10. The molecule has 0 bridgehead atoms. The predicted molar refractivity (Wildman–Crippen MR) is 56.1 cm³/mol. The highest BCUT2D eigenvalue weighted by Crippen LogP contribution is 2.05. The van der Waals surface area contributed by atoms with Crippen LogP contribution in [0.5, 0.6) is 0 Å². The lowest BCUT2D eigenvalue weighted by Crippen LogP contribution is -2.32. The molecule has 84 valence electrons. The number of nitrogens with zero attached hydrogens (tertiary/aromatic N) is 2. The highest BCUT2D eigenvalue weighted by atomic mass is 16.4. The van der Waals surface area contributed by atoms with Crippen molar-refractivity contribution in [3.63, 3.8) is 0 Å². The van der Waals surface area contributed by atoms with Crippen LogP contribution in [0.15, 0.2) is 12.7 Å². The van der Waals surface area contributed by atoms with Crippen LogP contribution in [0.4, 0.5) is 0 Å². The SMILES string of the molecule is C=CCC1=[N+](CC(=O)O)CCN1CCO. The molecule has 5 heteroatoms. The first kappa shape index (κ1) is 11.7. The van der Waals surface area contributed by atoms with Gasteiger partial charge in [-0.05, 0) is 0 Å². The van der Waals surface area contributed by atoms with Gasteiger partial charge in [-0.1, -0.05) is 6.08 Å². The van der Waals surface area contributed by atoms with Crippen molar-refractivity contribution in [2.75, 3.05) is 32.8 Å². The second kappa shape index (κ2) is 5.50. The summed E-state index contributed by atoms with van der Waals surface area (Å²) in [7, 11) is 0. The minimum absolute atomic E-state index is 0.0190. The van der Waals surface area contributed by atoms with Gasteiger partial charge in [0.1, 0.15) is 19.6 Å². The molecule has 15 heavy (non-hydrogen) atoms. The Balaban J connectivity index is 2.76. The van der Waals surface area contributed by atoms with Crippen molar-refractivity contribution in [2.24, 2.45) is 0 Å². The van der Waals surface area contributed by atoms with Gasteiger partial charge < -0.3 is 10.2 Å². The van der Waals surface area contributed by atoms with E-state index in [4.69, 9.17) is 10.2 Å². The molecule has 0 unspecified atom stereocenters. The van der Waals surface area contributed by atoms with Crippen LogP contribution in [0.3, 0.4) is 0 Å². The molecule has 0 radical (unpaired) electrons. The maximum Gasteiger partial charge on any atom is 0.345 e. The standard InChI is InChI=1S/C10H16N2O3/c1-2-3-9-11(6-7-13)4-5-12(9)8-10(14)15/h2,13H,1,3-8H2/p+1.